The minimum atomic E-state index is -0.0577. The number of thiazole rings is 1. The normalized spacial score (nSPS) is 17.9. The van der Waals surface area contributed by atoms with Crippen LogP contribution in [0.5, 0.6) is 0 Å². The lowest BCUT2D eigenvalue weighted by atomic mass is 9.92. The number of nitrogens with two attached hydrogens (primary N) is 1. The first kappa shape index (κ1) is 21.7. The highest BCUT2D eigenvalue weighted by Crippen LogP contribution is 2.31. The number of halogens is 2. The van der Waals surface area contributed by atoms with Crippen LogP contribution in [0, 0.1) is 5.92 Å². The van der Waals surface area contributed by atoms with Gasteiger partial charge in [0.05, 0.1) is 10.2 Å². The molecule has 3 heterocycles. The molecule has 0 saturated carbocycles. The van der Waals surface area contributed by atoms with Gasteiger partial charge < -0.3 is 15.1 Å². The first-order chi connectivity index (χ1) is 12.1. The Morgan fingerprint density at radius 2 is 2.07 bits per heavy atom. The molecule has 1 amide bonds. The molecule has 4 rings (SSSR count). The van der Waals surface area contributed by atoms with E-state index in [2.05, 4.69) is 4.98 Å². The van der Waals surface area contributed by atoms with Gasteiger partial charge in [0.2, 0.25) is 0 Å². The SMILES string of the molecule is CC(N)C1CCCN(C(=O)c2ccc(-c3nc4ccccc4s3)o2)C1.Cl.Cl. The Morgan fingerprint density at radius 3 is 2.81 bits per heavy atom. The lowest BCUT2D eigenvalue weighted by Gasteiger charge is -2.34. The average molecular weight is 428 g/mol. The van der Waals surface area contributed by atoms with Crippen LogP contribution < -0.4 is 5.73 Å². The van der Waals surface area contributed by atoms with Crippen molar-refractivity contribution in [3.05, 3.63) is 42.2 Å². The molecule has 1 saturated heterocycles. The second-order valence-electron chi connectivity index (χ2n) is 6.66. The molecule has 1 fully saturated rings. The third-order valence-electron chi connectivity index (χ3n) is 4.81. The zero-order valence-electron chi connectivity index (χ0n) is 15.0. The lowest BCUT2D eigenvalue weighted by molar-refractivity contribution is 0.0630. The summed E-state index contributed by atoms with van der Waals surface area (Å²) in [6, 6.07) is 11.7. The summed E-state index contributed by atoms with van der Waals surface area (Å²) in [6.45, 7) is 3.48. The van der Waals surface area contributed by atoms with Crippen molar-refractivity contribution in [2.45, 2.75) is 25.8 Å². The van der Waals surface area contributed by atoms with E-state index in [1.165, 1.54) is 0 Å². The monoisotopic (exact) mass is 427 g/mol. The fourth-order valence-corrected chi connectivity index (χ4v) is 4.25. The third kappa shape index (κ3) is 4.46. The van der Waals surface area contributed by atoms with Crippen molar-refractivity contribution in [2.24, 2.45) is 11.7 Å². The van der Waals surface area contributed by atoms with Gasteiger partial charge in [0.15, 0.2) is 16.5 Å². The molecule has 2 aromatic heterocycles. The molecule has 2 unspecified atom stereocenters. The number of aromatic nitrogens is 1. The number of hydrogen-bond donors (Lipinski definition) is 1. The molecule has 2 atom stereocenters. The summed E-state index contributed by atoms with van der Waals surface area (Å²) in [5.41, 5.74) is 6.96. The quantitative estimate of drug-likeness (QED) is 0.662. The summed E-state index contributed by atoms with van der Waals surface area (Å²) in [5, 5.41) is 0.798. The average Bonchev–Trinajstić information content (AvgIpc) is 3.27. The molecule has 3 aromatic rings. The molecule has 146 valence electrons. The number of rotatable bonds is 3. The molecule has 8 heteroatoms. The zero-order chi connectivity index (χ0) is 17.4. The van der Waals surface area contributed by atoms with E-state index in [1.807, 2.05) is 42.2 Å². The van der Waals surface area contributed by atoms with Crippen molar-refractivity contribution in [2.75, 3.05) is 13.1 Å². The van der Waals surface area contributed by atoms with Gasteiger partial charge >= 0.3 is 0 Å². The largest absolute Gasteiger partial charge is 0.448 e. The van der Waals surface area contributed by atoms with Crippen molar-refractivity contribution in [3.63, 3.8) is 0 Å². The van der Waals surface area contributed by atoms with E-state index in [4.69, 9.17) is 10.2 Å². The minimum absolute atomic E-state index is 0. The summed E-state index contributed by atoms with van der Waals surface area (Å²) in [7, 11) is 0. The fraction of sp³-hybridized carbons (Fsp3) is 0.368. The van der Waals surface area contributed by atoms with Crippen LogP contribution in [0.4, 0.5) is 0 Å². The van der Waals surface area contributed by atoms with E-state index < -0.39 is 0 Å². The smallest absolute Gasteiger partial charge is 0.289 e. The number of furan rings is 1. The van der Waals surface area contributed by atoms with Gasteiger partial charge in [0.25, 0.3) is 5.91 Å². The minimum Gasteiger partial charge on any atom is -0.448 e. The van der Waals surface area contributed by atoms with E-state index in [0.29, 0.717) is 24.0 Å². The second-order valence-corrected chi connectivity index (χ2v) is 7.69. The number of amides is 1. The molecule has 0 aliphatic carbocycles. The fourth-order valence-electron chi connectivity index (χ4n) is 3.32. The highest BCUT2D eigenvalue weighted by Gasteiger charge is 2.28. The van der Waals surface area contributed by atoms with E-state index in [-0.39, 0.29) is 36.8 Å². The number of carbonyl (C=O) groups excluding carboxylic acids is 1. The van der Waals surface area contributed by atoms with Gasteiger partial charge in [-0.15, -0.1) is 36.2 Å². The van der Waals surface area contributed by atoms with Crippen molar-refractivity contribution in [1.82, 2.24) is 9.88 Å². The standard InChI is InChI=1S/C19H21N3O2S.2ClH/c1-12(20)13-5-4-10-22(11-13)19(23)16-9-8-15(24-16)18-21-14-6-2-3-7-17(14)25-18;;/h2-3,6-9,12-13H,4-5,10-11,20H2,1H3;2*1H. The summed E-state index contributed by atoms with van der Waals surface area (Å²) in [6.07, 6.45) is 2.07. The number of para-hydroxylation sites is 1. The van der Waals surface area contributed by atoms with Crippen LogP contribution in [0.25, 0.3) is 21.0 Å². The predicted octanol–water partition coefficient (Wildman–Crippen LogP) is 4.60. The molecule has 0 spiro atoms. The summed E-state index contributed by atoms with van der Waals surface area (Å²) >= 11 is 1.57. The molecule has 1 aliphatic rings. The molecule has 2 N–H and O–H groups in total. The first-order valence-electron chi connectivity index (χ1n) is 8.62. The van der Waals surface area contributed by atoms with Crippen molar-refractivity contribution in [3.8, 4) is 10.8 Å². The first-order valence-corrected chi connectivity index (χ1v) is 9.44. The van der Waals surface area contributed by atoms with Crippen LogP contribution in [0.1, 0.15) is 30.3 Å². The van der Waals surface area contributed by atoms with E-state index >= 15 is 0 Å². The van der Waals surface area contributed by atoms with Crippen LogP contribution in [0.2, 0.25) is 0 Å². The second kappa shape index (κ2) is 9.06. The van der Waals surface area contributed by atoms with Gasteiger partial charge in [0, 0.05) is 19.1 Å². The maximum Gasteiger partial charge on any atom is 0.289 e. The van der Waals surface area contributed by atoms with Crippen LogP contribution in [-0.4, -0.2) is 34.9 Å². The molecule has 5 nitrogen and oxygen atoms in total. The molecule has 1 aliphatic heterocycles. The van der Waals surface area contributed by atoms with Crippen LogP contribution in [0.3, 0.4) is 0 Å². The highest BCUT2D eigenvalue weighted by molar-refractivity contribution is 7.21. The number of likely N-dealkylation sites (tertiary alicyclic amines) is 1. The third-order valence-corrected chi connectivity index (χ3v) is 5.86. The molecular formula is C19H23Cl2N3O2S. The number of piperidine rings is 1. The lowest BCUT2D eigenvalue weighted by Crippen LogP contribution is -2.44. The molecule has 0 bridgehead atoms. The Labute approximate surface area is 174 Å². The molecular weight excluding hydrogens is 405 g/mol. The van der Waals surface area contributed by atoms with E-state index in [0.717, 1.165) is 34.6 Å². The number of fused-ring (bicyclic) bond motifs is 1. The van der Waals surface area contributed by atoms with Gasteiger partial charge in [-0.05, 0) is 49.9 Å². The Kier molecular flexibility index (Phi) is 7.28. The topological polar surface area (TPSA) is 72.4 Å². The Balaban J connectivity index is 0.00000131. The Bertz CT molecular complexity index is 876. The van der Waals surface area contributed by atoms with E-state index in [1.54, 1.807) is 17.4 Å². The van der Waals surface area contributed by atoms with Crippen LogP contribution >= 0.6 is 36.2 Å². The molecule has 1 aromatic carbocycles. The van der Waals surface area contributed by atoms with Crippen LogP contribution in [-0.2, 0) is 0 Å². The van der Waals surface area contributed by atoms with Crippen LogP contribution in [0.15, 0.2) is 40.8 Å². The highest BCUT2D eigenvalue weighted by atomic mass is 35.5. The Morgan fingerprint density at radius 1 is 1.30 bits per heavy atom. The maximum absolute atomic E-state index is 12.8. The van der Waals surface area contributed by atoms with Crippen molar-refractivity contribution in [1.29, 1.82) is 0 Å². The summed E-state index contributed by atoms with van der Waals surface area (Å²) in [5.74, 6) is 1.32. The Hall–Kier alpha value is -1.60. The molecule has 0 radical (unpaired) electrons. The number of benzene rings is 1. The number of hydrogen-bond acceptors (Lipinski definition) is 5. The number of carbonyl (C=O) groups is 1. The van der Waals surface area contributed by atoms with Gasteiger partial charge in [0.1, 0.15) is 0 Å². The summed E-state index contributed by atoms with van der Waals surface area (Å²) in [4.78, 5) is 19.2. The van der Waals surface area contributed by atoms with Gasteiger partial charge in [-0.25, -0.2) is 4.98 Å². The van der Waals surface area contributed by atoms with Gasteiger partial charge in [-0.3, -0.25) is 4.79 Å². The number of nitrogens with zero attached hydrogens (tertiary/aromatic N) is 2. The van der Waals surface area contributed by atoms with Crippen molar-refractivity contribution >= 4 is 52.3 Å². The van der Waals surface area contributed by atoms with Gasteiger partial charge in [-0.1, -0.05) is 12.1 Å². The van der Waals surface area contributed by atoms with E-state index in [9.17, 15) is 4.79 Å². The maximum atomic E-state index is 12.8. The summed E-state index contributed by atoms with van der Waals surface area (Å²) < 4.78 is 6.94. The van der Waals surface area contributed by atoms with Gasteiger partial charge in [-0.2, -0.15) is 0 Å². The zero-order valence-corrected chi connectivity index (χ0v) is 17.4. The molecule has 27 heavy (non-hydrogen) atoms. The predicted molar refractivity (Wildman–Crippen MR) is 114 cm³/mol. The van der Waals surface area contributed by atoms with Crippen molar-refractivity contribution < 1.29 is 9.21 Å².